The van der Waals surface area contributed by atoms with E-state index in [1.54, 1.807) is 6.07 Å². The van der Waals surface area contributed by atoms with Crippen LogP contribution in [0.15, 0.2) is 23.1 Å². The summed E-state index contributed by atoms with van der Waals surface area (Å²) in [7, 11) is -2.60. The molecule has 0 atom stereocenters. The Labute approximate surface area is 82.2 Å². The van der Waals surface area contributed by atoms with Crippen LogP contribution in [0.5, 0.6) is 5.75 Å². The van der Waals surface area contributed by atoms with Gasteiger partial charge in [-0.1, -0.05) is 12.1 Å². The lowest BCUT2D eigenvalue weighted by Crippen LogP contribution is -2.15. The summed E-state index contributed by atoms with van der Waals surface area (Å²) in [6, 6.07) is 4.40. The number of methoxy groups -OCH3 is 1. The van der Waals surface area contributed by atoms with Crippen molar-refractivity contribution in [3.63, 3.8) is 0 Å². The van der Waals surface area contributed by atoms with Crippen molar-refractivity contribution in [2.24, 2.45) is 5.14 Å². The SMILES string of the molecule is COc1cccc(C[O])c1S(N)(=O)=O. The maximum absolute atomic E-state index is 11.2. The molecule has 5 nitrogen and oxygen atoms in total. The molecule has 1 aromatic carbocycles. The molecule has 1 rings (SSSR count). The maximum Gasteiger partial charge on any atom is 0.242 e. The second-order valence-electron chi connectivity index (χ2n) is 2.64. The van der Waals surface area contributed by atoms with E-state index >= 15 is 0 Å². The van der Waals surface area contributed by atoms with Crippen molar-refractivity contribution >= 4 is 10.0 Å². The number of rotatable bonds is 3. The zero-order chi connectivity index (χ0) is 10.8. The fourth-order valence-electron chi connectivity index (χ4n) is 1.16. The van der Waals surface area contributed by atoms with Gasteiger partial charge in [-0.15, -0.1) is 0 Å². The Morgan fingerprint density at radius 2 is 2.07 bits per heavy atom. The van der Waals surface area contributed by atoms with Gasteiger partial charge >= 0.3 is 0 Å². The van der Waals surface area contributed by atoms with Gasteiger partial charge in [-0.3, -0.25) is 0 Å². The molecule has 0 amide bonds. The molecule has 0 aliphatic heterocycles. The number of hydrogen-bond acceptors (Lipinski definition) is 3. The third-order valence-corrected chi connectivity index (χ3v) is 2.75. The van der Waals surface area contributed by atoms with E-state index in [1.807, 2.05) is 0 Å². The molecule has 0 aliphatic carbocycles. The van der Waals surface area contributed by atoms with Gasteiger partial charge in [0.1, 0.15) is 17.3 Å². The Morgan fingerprint density at radius 3 is 2.50 bits per heavy atom. The second-order valence-corrected chi connectivity index (χ2v) is 4.14. The maximum atomic E-state index is 11.2. The summed E-state index contributed by atoms with van der Waals surface area (Å²) in [5, 5.41) is 15.7. The second kappa shape index (κ2) is 3.95. The molecule has 0 fully saturated rings. The fraction of sp³-hybridized carbons (Fsp3) is 0.250. The van der Waals surface area contributed by atoms with Crippen molar-refractivity contribution in [2.45, 2.75) is 11.5 Å². The number of nitrogens with two attached hydrogens (primary N) is 1. The largest absolute Gasteiger partial charge is 0.495 e. The van der Waals surface area contributed by atoms with Crippen LogP contribution in [0.1, 0.15) is 5.56 Å². The Morgan fingerprint density at radius 1 is 1.43 bits per heavy atom. The topological polar surface area (TPSA) is 89.3 Å². The third-order valence-electron chi connectivity index (χ3n) is 1.72. The van der Waals surface area contributed by atoms with Crippen LogP contribution in [0.3, 0.4) is 0 Å². The first-order valence-corrected chi connectivity index (χ1v) is 5.32. The summed E-state index contributed by atoms with van der Waals surface area (Å²) in [6.07, 6.45) is 0. The van der Waals surface area contributed by atoms with Crippen molar-refractivity contribution in [2.75, 3.05) is 7.11 Å². The van der Waals surface area contributed by atoms with Crippen molar-refractivity contribution < 1.29 is 18.3 Å². The molecule has 2 N–H and O–H groups in total. The van der Waals surface area contributed by atoms with Gasteiger partial charge in [0.05, 0.1) is 7.11 Å². The number of primary sulfonamides is 1. The predicted molar refractivity (Wildman–Crippen MR) is 48.8 cm³/mol. The van der Waals surface area contributed by atoms with Crippen LogP contribution in [0.4, 0.5) is 0 Å². The van der Waals surface area contributed by atoms with Crippen molar-refractivity contribution in [3.8, 4) is 5.75 Å². The van der Waals surface area contributed by atoms with E-state index in [0.717, 1.165) is 0 Å². The molecule has 14 heavy (non-hydrogen) atoms. The number of hydrogen-bond donors (Lipinski definition) is 1. The minimum absolute atomic E-state index is 0.0980. The molecule has 77 valence electrons. The number of sulfonamides is 1. The highest BCUT2D eigenvalue weighted by atomic mass is 32.2. The molecule has 0 saturated carbocycles. The Balaban J connectivity index is 3.50. The summed E-state index contributed by atoms with van der Waals surface area (Å²) >= 11 is 0. The van der Waals surface area contributed by atoms with Crippen LogP contribution >= 0.6 is 0 Å². The summed E-state index contributed by atoms with van der Waals surface area (Å²) in [5.41, 5.74) is 0.117. The van der Waals surface area contributed by atoms with Crippen LogP contribution in [0, 0.1) is 0 Å². The molecular weight excluding hydrogens is 206 g/mol. The molecule has 1 aromatic rings. The van der Waals surface area contributed by atoms with E-state index in [0.29, 0.717) is 0 Å². The van der Waals surface area contributed by atoms with Gasteiger partial charge in [-0.05, 0) is 6.07 Å². The van der Waals surface area contributed by atoms with Gasteiger partial charge in [-0.2, -0.15) is 0 Å². The monoisotopic (exact) mass is 216 g/mol. The summed E-state index contributed by atoms with van der Waals surface area (Å²) in [4.78, 5) is -0.225. The standard InChI is InChI=1S/C8H10NO4S/c1-13-7-4-2-3-6(5-10)8(7)14(9,11)12/h2-4H,5H2,1H3,(H2,9,11,12). The highest BCUT2D eigenvalue weighted by Gasteiger charge is 2.19. The Bertz CT molecular complexity index is 405. The normalized spacial score (nSPS) is 11.4. The first kappa shape index (κ1) is 11.0. The zero-order valence-corrected chi connectivity index (χ0v) is 8.37. The van der Waals surface area contributed by atoms with Crippen LogP contribution in [0.25, 0.3) is 0 Å². The molecule has 0 spiro atoms. The molecule has 0 aliphatic rings. The number of ether oxygens (including phenoxy) is 1. The zero-order valence-electron chi connectivity index (χ0n) is 7.56. The molecular formula is C8H10NO4S. The van der Waals surface area contributed by atoms with Crippen molar-refractivity contribution in [1.29, 1.82) is 0 Å². The van der Waals surface area contributed by atoms with Gasteiger partial charge < -0.3 is 4.74 Å². The van der Waals surface area contributed by atoms with E-state index in [1.165, 1.54) is 19.2 Å². The summed E-state index contributed by atoms with van der Waals surface area (Å²) < 4.78 is 27.1. The Kier molecular flexibility index (Phi) is 3.10. The molecule has 1 radical (unpaired) electrons. The highest BCUT2D eigenvalue weighted by Crippen LogP contribution is 2.26. The smallest absolute Gasteiger partial charge is 0.242 e. The molecule has 0 heterocycles. The molecule has 0 bridgehead atoms. The highest BCUT2D eigenvalue weighted by molar-refractivity contribution is 7.89. The van der Waals surface area contributed by atoms with Crippen molar-refractivity contribution in [3.05, 3.63) is 23.8 Å². The molecule has 6 heteroatoms. The molecule has 0 saturated heterocycles. The average Bonchev–Trinajstić information content (AvgIpc) is 2.15. The van der Waals surface area contributed by atoms with Crippen LogP contribution < -0.4 is 9.88 Å². The van der Waals surface area contributed by atoms with E-state index in [-0.39, 0.29) is 16.2 Å². The lowest BCUT2D eigenvalue weighted by molar-refractivity contribution is 0.174. The van der Waals surface area contributed by atoms with E-state index in [4.69, 9.17) is 9.88 Å². The van der Waals surface area contributed by atoms with Crippen LogP contribution in [0.2, 0.25) is 0 Å². The minimum Gasteiger partial charge on any atom is -0.495 e. The fourth-order valence-corrected chi connectivity index (χ4v) is 2.08. The molecule has 0 aromatic heterocycles. The Hall–Kier alpha value is -1.11. The minimum atomic E-state index is -3.91. The lowest BCUT2D eigenvalue weighted by atomic mass is 10.2. The summed E-state index contributed by atoms with van der Waals surface area (Å²) in [6.45, 7) is -0.650. The lowest BCUT2D eigenvalue weighted by Gasteiger charge is -2.09. The van der Waals surface area contributed by atoms with Crippen LogP contribution in [-0.2, 0) is 21.7 Å². The predicted octanol–water partition coefficient (Wildman–Crippen LogP) is 0.273. The quantitative estimate of drug-likeness (QED) is 0.786. The van der Waals surface area contributed by atoms with E-state index in [9.17, 15) is 13.5 Å². The van der Waals surface area contributed by atoms with E-state index in [2.05, 4.69) is 0 Å². The van der Waals surface area contributed by atoms with Crippen molar-refractivity contribution in [1.82, 2.24) is 0 Å². The van der Waals surface area contributed by atoms with Gasteiger partial charge in [0.2, 0.25) is 10.0 Å². The molecule has 0 unspecified atom stereocenters. The van der Waals surface area contributed by atoms with Crippen LogP contribution in [-0.4, -0.2) is 15.5 Å². The third kappa shape index (κ3) is 2.03. The summed E-state index contributed by atoms with van der Waals surface area (Å²) in [5.74, 6) is 0.0980. The first-order valence-electron chi connectivity index (χ1n) is 3.77. The average molecular weight is 216 g/mol. The van der Waals surface area contributed by atoms with Gasteiger partial charge in [-0.25, -0.2) is 18.7 Å². The first-order chi connectivity index (χ1) is 6.50. The van der Waals surface area contributed by atoms with Gasteiger partial charge in [0, 0.05) is 5.56 Å². The van der Waals surface area contributed by atoms with E-state index < -0.39 is 16.6 Å². The van der Waals surface area contributed by atoms with Gasteiger partial charge in [0.25, 0.3) is 0 Å². The van der Waals surface area contributed by atoms with Gasteiger partial charge in [0.15, 0.2) is 0 Å². The number of benzene rings is 1.